The molecule has 0 aliphatic rings. The van der Waals surface area contributed by atoms with Gasteiger partial charge < -0.3 is 10.1 Å². The molecule has 6 nitrogen and oxygen atoms in total. The van der Waals surface area contributed by atoms with Crippen LogP contribution in [0, 0.1) is 0 Å². The number of hydrogen-bond donors (Lipinski definition) is 2. The molecule has 0 fully saturated rings. The van der Waals surface area contributed by atoms with Crippen LogP contribution in [0.2, 0.25) is 0 Å². The third-order valence-electron chi connectivity index (χ3n) is 3.22. The maximum Gasteiger partial charge on any atom is 0.242 e. The molecular weight excluding hydrogens is 328 g/mol. The number of benzene rings is 2. The van der Waals surface area contributed by atoms with Crippen molar-refractivity contribution in [2.75, 3.05) is 11.9 Å². The molecule has 2 aromatic carbocycles. The van der Waals surface area contributed by atoms with E-state index < -0.39 is 22.0 Å². The van der Waals surface area contributed by atoms with E-state index in [2.05, 4.69) is 10.0 Å². The molecular formula is C17H20N2O4S. The summed E-state index contributed by atoms with van der Waals surface area (Å²) in [6.45, 7) is 3.79. The molecule has 0 bridgehead atoms. The van der Waals surface area contributed by atoms with Crippen LogP contribution in [-0.4, -0.2) is 27.0 Å². The number of carbonyl (C=O) groups excluding carboxylic acids is 1. The zero-order valence-electron chi connectivity index (χ0n) is 13.5. The Morgan fingerprint density at radius 3 is 2.38 bits per heavy atom. The molecule has 0 aliphatic carbocycles. The zero-order chi connectivity index (χ0) is 17.6. The molecule has 2 aromatic rings. The number of amides is 1. The van der Waals surface area contributed by atoms with Crippen LogP contribution >= 0.6 is 0 Å². The van der Waals surface area contributed by atoms with Gasteiger partial charge in [0.2, 0.25) is 15.9 Å². The fourth-order valence-electron chi connectivity index (χ4n) is 2.05. The van der Waals surface area contributed by atoms with Gasteiger partial charge in [-0.25, -0.2) is 8.42 Å². The molecule has 0 saturated heterocycles. The topological polar surface area (TPSA) is 84.5 Å². The van der Waals surface area contributed by atoms with Gasteiger partial charge in [0, 0.05) is 0 Å². The van der Waals surface area contributed by atoms with Crippen LogP contribution in [0.3, 0.4) is 0 Å². The highest BCUT2D eigenvalue weighted by Gasteiger charge is 2.22. The number of nitrogens with one attached hydrogen (secondary N) is 2. The van der Waals surface area contributed by atoms with Crippen LogP contribution in [0.4, 0.5) is 5.69 Å². The Bertz CT molecular complexity index is 791. The number of rotatable bonds is 7. The van der Waals surface area contributed by atoms with Crippen LogP contribution in [0.15, 0.2) is 59.5 Å². The van der Waals surface area contributed by atoms with Crippen molar-refractivity contribution in [3.05, 3.63) is 54.6 Å². The van der Waals surface area contributed by atoms with E-state index in [1.165, 1.54) is 19.1 Å². The third kappa shape index (κ3) is 4.56. The summed E-state index contributed by atoms with van der Waals surface area (Å²) in [6.07, 6.45) is 0. The first-order chi connectivity index (χ1) is 11.4. The first kappa shape index (κ1) is 18.0. The summed E-state index contributed by atoms with van der Waals surface area (Å²) >= 11 is 0. The van der Waals surface area contributed by atoms with Gasteiger partial charge in [0.05, 0.1) is 23.2 Å². The predicted molar refractivity (Wildman–Crippen MR) is 92.5 cm³/mol. The average molecular weight is 348 g/mol. The second-order valence-corrected chi connectivity index (χ2v) is 6.79. The van der Waals surface area contributed by atoms with E-state index in [0.29, 0.717) is 18.0 Å². The zero-order valence-corrected chi connectivity index (χ0v) is 14.3. The standard InChI is InChI=1S/C17H20N2O4S/c1-3-23-16-12-8-7-11-15(16)18-17(20)13(2)19-24(21,22)14-9-5-4-6-10-14/h4-13,19H,3H2,1-2H3,(H,18,20)/t13-/m0/s1. The third-order valence-corrected chi connectivity index (χ3v) is 4.78. The molecule has 0 unspecified atom stereocenters. The first-order valence-corrected chi connectivity index (χ1v) is 9.02. The van der Waals surface area contributed by atoms with E-state index in [0.717, 1.165) is 0 Å². The van der Waals surface area contributed by atoms with Crippen LogP contribution in [0.1, 0.15) is 13.8 Å². The minimum Gasteiger partial charge on any atom is -0.492 e. The number of ether oxygens (including phenoxy) is 1. The lowest BCUT2D eigenvalue weighted by Crippen LogP contribution is -2.41. The summed E-state index contributed by atoms with van der Waals surface area (Å²) in [4.78, 5) is 12.4. The number of hydrogen-bond acceptors (Lipinski definition) is 4. The fourth-order valence-corrected chi connectivity index (χ4v) is 3.27. The van der Waals surface area contributed by atoms with Crippen molar-refractivity contribution in [1.82, 2.24) is 4.72 Å². The second-order valence-electron chi connectivity index (χ2n) is 5.07. The summed E-state index contributed by atoms with van der Waals surface area (Å²) in [7, 11) is -3.76. The van der Waals surface area contributed by atoms with Crippen molar-refractivity contribution >= 4 is 21.6 Å². The number of sulfonamides is 1. The summed E-state index contributed by atoms with van der Waals surface area (Å²) in [5.41, 5.74) is 0.495. The lowest BCUT2D eigenvalue weighted by Gasteiger charge is -2.16. The van der Waals surface area contributed by atoms with Crippen LogP contribution in [-0.2, 0) is 14.8 Å². The first-order valence-electron chi connectivity index (χ1n) is 7.54. The highest BCUT2D eigenvalue weighted by Crippen LogP contribution is 2.23. The van der Waals surface area contributed by atoms with Crippen molar-refractivity contribution < 1.29 is 17.9 Å². The molecule has 1 atom stereocenters. The maximum absolute atomic E-state index is 12.3. The molecule has 128 valence electrons. The molecule has 0 aromatic heterocycles. The molecule has 0 heterocycles. The number of anilines is 1. The van der Waals surface area contributed by atoms with Crippen molar-refractivity contribution in [3.63, 3.8) is 0 Å². The van der Waals surface area contributed by atoms with E-state index >= 15 is 0 Å². The number of para-hydroxylation sites is 2. The lowest BCUT2D eigenvalue weighted by atomic mass is 10.2. The Labute approximate surface area is 141 Å². The second kappa shape index (κ2) is 7.94. The molecule has 2 rings (SSSR count). The van der Waals surface area contributed by atoms with Crippen molar-refractivity contribution in [1.29, 1.82) is 0 Å². The van der Waals surface area contributed by atoms with Crippen LogP contribution in [0.5, 0.6) is 5.75 Å². The van der Waals surface area contributed by atoms with Crippen molar-refractivity contribution in [2.24, 2.45) is 0 Å². The molecule has 0 spiro atoms. The van der Waals surface area contributed by atoms with Gasteiger partial charge in [-0.15, -0.1) is 0 Å². The van der Waals surface area contributed by atoms with Gasteiger partial charge in [0.25, 0.3) is 0 Å². The quantitative estimate of drug-likeness (QED) is 0.805. The van der Waals surface area contributed by atoms with Gasteiger partial charge in [-0.3, -0.25) is 4.79 Å². The molecule has 0 saturated carbocycles. The number of carbonyl (C=O) groups is 1. The van der Waals surface area contributed by atoms with Gasteiger partial charge in [0.15, 0.2) is 0 Å². The largest absolute Gasteiger partial charge is 0.492 e. The molecule has 2 N–H and O–H groups in total. The average Bonchev–Trinajstić information content (AvgIpc) is 2.57. The van der Waals surface area contributed by atoms with Crippen LogP contribution < -0.4 is 14.8 Å². The van der Waals surface area contributed by atoms with Gasteiger partial charge in [-0.05, 0) is 38.1 Å². The Morgan fingerprint density at radius 2 is 1.71 bits per heavy atom. The van der Waals surface area contributed by atoms with Gasteiger partial charge >= 0.3 is 0 Å². The monoisotopic (exact) mass is 348 g/mol. The van der Waals surface area contributed by atoms with Crippen molar-refractivity contribution in [2.45, 2.75) is 24.8 Å². The Hall–Kier alpha value is -2.38. The smallest absolute Gasteiger partial charge is 0.242 e. The Balaban J connectivity index is 2.08. The minimum atomic E-state index is -3.76. The highest BCUT2D eigenvalue weighted by molar-refractivity contribution is 7.89. The normalized spacial score (nSPS) is 12.4. The van der Waals surface area contributed by atoms with Crippen LogP contribution in [0.25, 0.3) is 0 Å². The predicted octanol–water partition coefficient (Wildman–Crippen LogP) is 2.39. The SMILES string of the molecule is CCOc1ccccc1NC(=O)[C@H](C)NS(=O)(=O)c1ccccc1. The van der Waals surface area contributed by atoms with E-state index in [-0.39, 0.29) is 4.90 Å². The summed E-state index contributed by atoms with van der Waals surface area (Å²) in [5, 5.41) is 2.68. The van der Waals surface area contributed by atoms with E-state index in [4.69, 9.17) is 4.74 Å². The molecule has 24 heavy (non-hydrogen) atoms. The summed E-state index contributed by atoms with van der Waals surface area (Å²) in [5.74, 6) is 0.0631. The van der Waals surface area contributed by atoms with Gasteiger partial charge in [0.1, 0.15) is 5.75 Å². The lowest BCUT2D eigenvalue weighted by molar-refractivity contribution is -0.117. The molecule has 1 amide bonds. The summed E-state index contributed by atoms with van der Waals surface area (Å²) < 4.78 is 32.3. The minimum absolute atomic E-state index is 0.111. The fraction of sp³-hybridized carbons (Fsp3) is 0.235. The van der Waals surface area contributed by atoms with E-state index in [9.17, 15) is 13.2 Å². The van der Waals surface area contributed by atoms with Crippen molar-refractivity contribution in [3.8, 4) is 5.75 Å². The Kier molecular flexibility index (Phi) is 5.94. The molecule has 0 radical (unpaired) electrons. The van der Waals surface area contributed by atoms with E-state index in [1.807, 2.05) is 6.92 Å². The summed E-state index contributed by atoms with van der Waals surface area (Å²) in [6, 6.07) is 14.0. The van der Waals surface area contributed by atoms with Gasteiger partial charge in [-0.1, -0.05) is 30.3 Å². The highest BCUT2D eigenvalue weighted by atomic mass is 32.2. The van der Waals surface area contributed by atoms with Gasteiger partial charge in [-0.2, -0.15) is 4.72 Å². The van der Waals surface area contributed by atoms with E-state index in [1.54, 1.807) is 42.5 Å². The molecule has 7 heteroatoms. The Morgan fingerprint density at radius 1 is 1.08 bits per heavy atom. The maximum atomic E-state index is 12.3. The molecule has 0 aliphatic heterocycles.